The van der Waals surface area contributed by atoms with Gasteiger partial charge in [0.05, 0.1) is 81.3 Å². The van der Waals surface area contributed by atoms with E-state index in [2.05, 4.69) is 76.2 Å². The van der Waals surface area contributed by atoms with Gasteiger partial charge in [-0.1, -0.05) is 207 Å². The normalized spacial score (nSPS) is 18.2. The lowest BCUT2D eigenvalue weighted by Gasteiger charge is -2.32. The molecule has 0 saturated carbocycles. The lowest BCUT2D eigenvalue weighted by Crippen LogP contribution is -2.17. The second-order valence-corrected chi connectivity index (χ2v) is 26.2. The van der Waals surface area contributed by atoms with E-state index in [1.807, 2.05) is 28.4 Å². The van der Waals surface area contributed by atoms with E-state index in [0.717, 1.165) is 168 Å². The van der Waals surface area contributed by atoms with E-state index in [9.17, 15) is 0 Å². The molecule has 3 aliphatic heterocycles. The summed E-state index contributed by atoms with van der Waals surface area (Å²) in [4.78, 5) is 0. The minimum absolute atomic E-state index is 0.144. The van der Waals surface area contributed by atoms with Crippen LogP contribution in [-0.2, 0) is 18.9 Å². The number of fused-ring (bicyclic) bond motifs is 12. The van der Waals surface area contributed by atoms with E-state index < -0.39 is 0 Å². The van der Waals surface area contributed by atoms with Crippen molar-refractivity contribution in [3.05, 3.63) is 93.0 Å². The zero-order valence-electron chi connectivity index (χ0n) is 58.9. The molecule has 0 amide bonds. The molecule has 4 unspecified atom stereocenters. The number of hydrogen-bond donors (Lipinski definition) is 0. The largest absolute Gasteiger partial charge is 0.496 e. The lowest BCUT2D eigenvalue weighted by molar-refractivity contribution is 0.0271. The summed E-state index contributed by atoms with van der Waals surface area (Å²) in [6, 6.07) is 18.7. The van der Waals surface area contributed by atoms with Gasteiger partial charge in [-0.15, -0.1) is 0 Å². The molecule has 0 saturated heterocycles. The third-order valence-corrected chi connectivity index (χ3v) is 19.5. The second-order valence-electron chi connectivity index (χ2n) is 26.2. The summed E-state index contributed by atoms with van der Waals surface area (Å²) < 4.78 is 80.3. The van der Waals surface area contributed by atoms with Crippen molar-refractivity contribution in [3.8, 4) is 46.0 Å². The topological polar surface area (TPSA) is 111 Å². The Balaban J connectivity index is 1.62. The molecule has 12 nitrogen and oxygen atoms in total. The van der Waals surface area contributed by atoms with Crippen molar-refractivity contribution >= 4 is 0 Å². The summed E-state index contributed by atoms with van der Waals surface area (Å²) in [7, 11) is 7.30. The number of unbranched alkanes of at least 4 members (excludes halogenated alkanes) is 24. The van der Waals surface area contributed by atoms with Crippen molar-refractivity contribution in [1.29, 1.82) is 0 Å². The number of benzene rings is 4. The first kappa shape index (κ1) is 74.5. The maximum absolute atomic E-state index is 7.12. The third-order valence-electron chi connectivity index (χ3n) is 19.5. The minimum atomic E-state index is -0.150. The Labute approximate surface area is 557 Å². The first-order valence-corrected chi connectivity index (χ1v) is 37.1. The third kappa shape index (κ3) is 23.2. The van der Waals surface area contributed by atoms with Crippen LogP contribution in [0.15, 0.2) is 48.5 Å². The van der Waals surface area contributed by atoms with E-state index >= 15 is 0 Å². The van der Waals surface area contributed by atoms with Crippen LogP contribution in [0.1, 0.15) is 301 Å². The Kier molecular flexibility index (Phi) is 35.6. The van der Waals surface area contributed by atoms with Gasteiger partial charge in [-0.3, -0.25) is 0 Å². The van der Waals surface area contributed by atoms with Crippen molar-refractivity contribution in [2.24, 2.45) is 0 Å². The van der Waals surface area contributed by atoms with E-state index in [1.54, 1.807) is 0 Å². The lowest BCUT2D eigenvalue weighted by atomic mass is 9.76. The van der Waals surface area contributed by atoms with Crippen LogP contribution in [0.3, 0.4) is 0 Å². The van der Waals surface area contributed by atoms with Gasteiger partial charge in [-0.05, 0) is 49.9 Å². The molecule has 4 aromatic rings. The molecule has 0 radical (unpaired) electrons. The molecule has 516 valence electrons. The Morgan fingerprint density at radius 2 is 0.424 bits per heavy atom. The van der Waals surface area contributed by atoms with Crippen molar-refractivity contribution in [3.63, 3.8) is 0 Å². The minimum Gasteiger partial charge on any atom is -0.496 e. The molecule has 3 heterocycles. The highest BCUT2D eigenvalue weighted by Gasteiger charge is 2.35. The molecule has 1 aliphatic carbocycles. The fraction of sp³-hybridized carbons (Fsp3) is 0.700. The van der Waals surface area contributed by atoms with Gasteiger partial charge in [-0.2, -0.15) is 0 Å². The summed E-state index contributed by atoms with van der Waals surface area (Å²) in [5.74, 6) is 5.77. The molecular formula is C80H124O12. The average molecular weight is 1280 g/mol. The zero-order chi connectivity index (χ0) is 64.8. The highest BCUT2D eigenvalue weighted by molar-refractivity contribution is 5.63. The van der Waals surface area contributed by atoms with Crippen molar-refractivity contribution in [1.82, 2.24) is 0 Å². The first-order chi connectivity index (χ1) is 45.4. The number of methoxy groups -OCH3 is 4. The zero-order valence-corrected chi connectivity index (χ0v) is 58.9. The standard InChI is InChI=1S/C80H124O12/c1-9-13-17-21-25-29-33-37-61-65-53-71-64(40-36-32-28-24-20-16-12-4)68-56-70-62(38-34-30-26-22-18-14-10-2)66-54-72(80(58-74(66)82-6)92-52-48-88-44-42-86-46-50-90-78(70)60-76(68)84-8)63(39-35-31-27-23-19-15-11-3)67-55-69(61)77(59-75(67)83-7)89-49-45-85-41-43-87-47-51-91-79(71)57-73(65)81-5/h53-64H,9-52H2,1-8H3. The van der Waals surface area contributed by atoms with Crippen LogP contribution >= 0.6 is 0 Å². The number of rotatable bonds is 36. The first-order valence-electron chi connectivity index (χ1n) is 37.1. The van der Waals surface area contributed by atoms with Crippen LogP contribution in [0.2, 0.25) is 0 Å². The molecule has 92 heavy (non-hydrogen) atoms. The monoisotopic (exact) mass is 1280 g/mol. The maximum Gasteiger partial charge on any atom is 0.126 e. The summed E-state index contributed by atoms with van der Waals surface area (Å²) in [6.07, 6.45) is 37.0. The van der Waals surface area contributed by atoms with Gasteiger partial charge in [0, 0.05) is 92.4 Å². The van der Waals surface area contributed by atoms with E-state index in [-0.39, 0.29) is 23.7 Å². The van der Waals surface area contributed by atoms with Gasteiger partial charge in [0.25, 0.3) is 0 Å². The Hall–Kier alpha value is -4.88. The maximum atomic E-state index is 7.12. The molecule has 0 aromatic heterocycles. The smallest absolute Gasteiger partial charge is 0.126 e. The highest BCUT2D eigenvalue weighted by atomic mass is 16.6. The second kappa shape index (κ2) is 44.0. The summed E-state index contributed by atoms with van der Waals surface area (Å²) in [5, 5.41) is 0. The van der Waals surface area contributed by atoms with Crippen LogP contribution < -0.4 is 37.9 Å². The van der Waals surface area contributed by atoms with Crippen LogP contribution in [0, 0.1) is 0 Å². The predicted molar refractivity (Wildman–Crippen MR) is 375 cm³/mol. The van der Waals surface area contributed by atoms with Crippen LogP contribution in [-0.4, -0.2) is 108 Å². The van der Waals surface area contributed by atoms with Gasteiger partial charge in [0.1, 0.15) is 72.4 Å². The molecule has 0 fully saturated rings. The molecule has 4 atom stereocenters. The summed E-state index contributed by atoms with van der Waals surface area (Å²) in [5.41, 5.74) is 8.95. The highest BCUT2D eigenvalue weighted by Crippen LogP contribution is 2.54. The van der Waals surface area contributed by atoms with Gasteiger partial charge in [-0.25, -0.2) is 0 Å². The quantitative estimate of drug-likeness (QED) is 0.0319. The molecule has 12 heteroatoms. The molecule has 10 bridgehead atoms. The number of hydrogen-bond acceptors (Lipinski definition) is 12. The Morgan fingerprint density at radius 3 is 0.620 bits per heavy atom. The fourth-order valence-electron chi connectivity index (χ4n) is 14.4. The van der Waals surface area contributed by atoms with Gasteiger partial charge >= 0.3 is 0 Å². The van der Waals surface area contributed by atoms with Crippen molar-refractivity contribution in [2.45, 2.75) is 257 Å². The van der Waals surface area contributed by atoms with Crippen molar-refractivity contribution < 1.29 is 56.8 Å². The molecule has 4 aromatic carbocycles. The number of ether oxygens (including phenoxy) is 12. The van der Waals surface area contributed by atoms with Gasteiger partial charge < -0.3 is 56.8 Å². The van der Waals surface area contributed by atoms with Crippen LogP contribution in [0.5, 0.6) is 46.0 Å². The average Bonchev–Trinajstić information content (AvgIpc) is 0.772. The van der Waals surface area contributed by atoms with Crippen LogP contribution in [0.4, 0.5) is 0 Å². The summed E-state index contributed by atoms with van der Waals surface area (Å²) >= 11 is 0. The molecule has 0 N–H and O–H groups in total. The van der Waals surface area contributed by atoms with Gasteiger partial charge in [0.15, 0.2) is 0 Å². The molecular weight excluding hydrogens is 1150 g/mol. The van der Waals surface area contributed by atoms with Crippen LogP contribution in [0.25, 0.3) is 0 Å². The Morgan fingerprint density at radius 1 is 0.239 bits per heavy atom. The molecule has 8 rings (SSSR count). The van der Waals surface area contributed by atoms with Crippen molar-refractivity contribution in [2.75, 3.05) is 108 Å². The Bertz CT molecular complexity index is 2460. The van der Waals surface area contributed by atoms with E-state index in [1.165, 1.54) is 128 Å². The fourth-order valence-corrected chi connectivity index (χ4v) is 14.4. The van der Waals surface area contributed by atoms with Gasteiger partial charge in [0.2, 0.25) is 0 Å². The van der Waals surface area contributed by atoms with E-state index in [0.29, 0.717) is 79.3 Å². The predicted octanol–water partition coefficient (Wildman–Crippen LogP) is 20.7. The van der Waals surface area contributed by atoms with E-state index in [4.69, 9.17) is 56.8 Å². The molecule has 0 spiro atoms. The molecule has 4 aliphatic rings. The summed E-state index contributed by atoms with van der Waals surface area (Å²) in [6.45, 7) is 14.1. The SMILES string of the molecule is CCCCCCCCCC1c2cc3c(cc2OC)OCCOCCOCCOc2cc(OC)c(cc21)C(CCCCCCCCC)c1cc2c(OC)cc1OCCOCCOCCOc1cc(OC)c(cc1C2CCCCCCCCC)C3CCCCCCCCC.